The number of aliphatic hydroxyl groups is 2. The highest BCUT2D eigenvalue weighted by atomic mass is 32.1. The molecule has 98 valence electrons. The zero-order chi connectivity index (χ0) is 12.8. The zero-order valence-corrected chi connectivity index (χ0v) is 10.8. The van der Waals surface area contributed by atoms with E-state index in [1.54, 1.807) is 22.2 Å². The van der Waals surface area contributed by atoms with Crippen molar-refractivity contribution in [3.05, 3.63) is 40.3 Å². The first-order valence-corrected chi connectivity index (χ1v) is 6.77. The van der Waals surface area contributed by atoms with E-state index in [0.717, 1.165) is 11.1 Å². The molecule has 0 saturated heterocycles. The molecular weight excluding hydrogens is 250 g/mol. The molecule has 1 atom stereocenters. The number of thiophene rings is 1. The molecule has 2 aromatic heterocycles. The Labute approximate surface area is 110 Å². The summed E-state index contributed by atoms with van der Waals surface area (Å²) in [6.45, 7) is 1.78. The molecule has 0 amide bonds. The second kappa shape index (κ2) is 6.65. The van der Waals surface area contributed by atoms with Crippen LogP contribution in [0.1, 0.15) is 17.2 Å². The molecule has 0 aliphatic rings. The molecule has 2 heterocycles. The molecule has 0 aromatic carbocycles. The Morgan fingerprint density at radius 3 is 3.11 bits per heavy atom. The Bertz CT molecular complexity index is 456. The SMILES string of the molecule is OCCn1cc(CNCC(O)c2ccsc2)cn1. The lowest BCUT2D eigenvalue weighted by atomic mass is 10.2. The lowest BCUT2D eigenvalue weighted by Gasteiger charge is -2.09. The van der Waals surface area contributed by atoms with Gasteiger partial charge in [0.05, 0.1) is 25.5 Å². The highest BCUT2D eigenvalue weighted by Crippen LogP contribution is 2.15. The fraction of sp³-hybridized carbons (Fsp3) is 0.417. The Hall–Kier alpha value is -1.21. The predicted molar refractivity (Wildman–Crippen MR) is 70.3 cm³/mol. The van der Waals surface area contributed by atoms with E-state index in [4.69, 9.17) is 5.11 Å². The smallest absolute Gasteiger partial charge is 0.0922 e. The molecule has 0 aliphatic heterocycles. The molecule has 2 aromatic rings. The minimum Gasteiger partial charge on any atom is -0.394 e. The first-order valence-electron chi connectivity index (χ1n) is 5.82. The average molecular weight is 267 g/mol. The van der Waals surface area contributed by atoms with Crippen LogP contribution in [0, 0.1) is 0 Å². The van der Waals surface area contributed by atoms with E-state index in [0.29, 0.717) is 19.6 Å². The van der Waals surface area contributed by atoms with Crippen molar-refractivity contribution in [3.63, 3.8) is 0 Å². The van der Waals surface area contributed by atoms with Crippen LogP contribution in [0.5, 0.6) is 0 Å². The van der Waals surface area contributed by atoms with Crippen molar-refractivity contribution in [2.75, 3.05) is 13.2 Å². The molecule has 0 spiro atoms. The van der Waals surface area contributed by atoms with E-state index >= 15 is 0 Å². The topological polar surface area (TPSA) is 70.3 Å². The minimum atomic E-state index is -0.469. The third kappa shape index (κ3) is 3.64. The number of aliphatic hydroxyl groups excluding tert-OH is 2. The van der Waals surface area contributed by atoms with Gasteiger partial charge in [-0.05, 0) is 22.4 Å². The standard InChI is InChI=1S/C12H17N3O2S/c16-3-2-15-8-10(6-14-15)5-13-7-12(17)11-1-4-18-9-11/h1,4,6,8-9,12-13,16-17H,2-3,5,7H2. The normalized spacial score (nSPS) is 12.8. The summed E-state index contributed by atoms with van der Waals surface area (Å²) in [7, 11) is 0. The number of hydrogen-bond acceptors (Lipinski definition) is 5. The number of nitrogens with zero attached hydrogens (tertiary/aromatic N) is 2. The summed E-state index contributed by atoms with van der Waals surface area (Å²) in [4.78, 5) is 0. The highest BCUT2D eigenvalue weighted by Gasteiger charge is 2.07. The van der Waals surface area contributed by atoms with Gasteiger partial charge in [-0.15, -0.1) is 0 Å². The number of rotatable bonds is 7. The maximum Gasteiger partial charge on any atom is 0.0922 e. The van der Waals surface area contributed by atoms with Crippen LogP contribution in [-0.2, 0) is 13.1 Å². The largest absolute Gasteiger partial charge is 0.394 e. The van der Waals surface area contributed by atoms with E-state index < -0.39 is 6.10 Å². The van der Waals surface area contributed by atoms with Gasteiger partial charge in [0, 0.05) is 24.8 Å². The third-order valence-electron chi connectivity index (χ3n) is 2.61. The van der Waals surface area contributed by atoms with Gasteiger partial charge in [-0.3, -0.25) is 4.68 Å². The van der Waals surface area contributed by atoms with Crippen LogP contribution < -0.4 is 5.32 Å². The average Bonchev–Trinajstić information content (AvgIpc) is 3.00. The number of aromatic nitrogens is 2. The molecule has 1 unspecified atom stereocenters. The molecule has 5 nitrogen and oxygen atoms in total. The summed E-state index contributed by atoms with van der Waals surface area (Å²) in [5.41, 5.74) is 1.99. The fourth-order valence-electron chi connectivity index (χ4n) is 1.66. The quantitative estimate of drug-likeness (QED) is 0.692. The van der Waals surface area contributed by atoms with Gasteiger partial charge >= 0.3 is 0 Å². The molecule has 0 radical (unpaired) electrons. The second-order valence-electron chi connectivity index (χ2n) is 4.04. The summed E-state index contributed by atoms with van der Waals surface area (Å²) >= 11 is 1.58. The van der Waals surface area contributed by atoms with Crippen molar-refractivity contribution in [2.45, 2.75) is 19.2 Å². The van der Waals surface area contributed by atoms with Gasteiger partial charge in [-0.1, -0.05) is 0 Å². The van der Waals surface area contributed by atoms with Crippen molar-refractivity contribution >= 4 is 11.3 Å². The molecule has 6 heteroatoms. The Kier molecular flexibility index (Phi) is 4.89. The van der Waals surface area contributed by atoms with Crippen molar-refractivity contribution in [3.8, 4) is 0 Å². The van der Waals surface area contributed by atoms with E-state index in [1.165, 1.54) is 0 Å². The molecule has 2 rings (SSSR count). The molecule has 0 saturated carbocycles. The van der Waals surface area contributed by atoms with E-state index in [2.05, 4.69) is 10.4 Å². The maximum atomic E-state index is 9.87. The van der Waals surface area contributed by atoms with Gasteiger partial charge in [0.15, 0.2) is 0 Å². The van der Waals surface area contributed by atoms with Gasteiger partial charge in [0.2, 0.25) is 0 Å². The van der Waals surface area contributed by atoms with E-state index in [-0.39, 0.29) is 6.61 Å². The van der Waals surface area contributed by atoms with Crippen molar-refractivity contribution in [1.29, 1.82) is 0 Å². The van der Waals surface area contributed by atoms with Gasteiger partial charge in [-0.25, -0.2) is 0 Å². The highest BCUT2D eigenvalue weighted by molar-refractivity contribution is 7.07. The number of nitrogens with one attached hydrogen (secondary N) is 1. The molecule has 0 fully saturated rings. The van der Waals surface area contributed by atoms with Gasteiger partial charge in [0.1, 0.15) is 0 Å². The van der Waals surface area contributed by atoms with Crippen molar-refractivity contribution < 1.29 is 10.2 Å². The van der Waals surface area contributed by atoms with Gasteiger partial charge < -0.3 is 15.5 Å². The maximum absolute atomic E-state index is 9.87. The first-order chi connectivity index (χ1) is 8.79. The molecule has 3 N–H and O–H groups in total. The zero-order valence-electron chi connectivity index (χ0n) is 9.99. The van der Waals surface area contributed by atoms with Crippen LogP contribution in [0.15, 0.2) is 29.2 Å². The Morgan fingerprint density at radius 1 is 1.50 bits per heavy atom. The Balaban J connectivity index is 1.74. The summed E-state index contributed by atoms with van der Waals surface area (Å²) < 4.78 is 1.70. The van der Waals surface area contributed by atoms with Crippen LogP contribution in [0.4, 0.5) is 0 Å². The van der Waals surface area contributed by atoms with E-state index in [9.17, 15) is 5.11 Å². The van der Waals surface area contributed by atoms with Crippen LogP contribution >= 0.6 is 11.3 Å². The molecule has 0 bridgehead atoms. The lowest BCUT2D eigenvalue weighted by Crippen LogP contribution is -2.20. The summed E-state index contributed by atoms with van der Waals surface area (Å²) in [6.07, 6.45) is 3.18. The Morgan fingerprint density at radius 2 is 2.39 bits per heavy atom. The van der Waals surface area contributed by atoms with E-state index in [1.807, 2.05) is 23.0 Å². The molecule has 18 heavy (non-hydrogen) atoms. The monoisotopic (exact) mass is 267 g/mol. The van der Waals surface area contributed by atoms with Crippen LogP contribution in [0.2, 0.25) is 0 Å². The van der Waals surface area contributed by atoms with Crippen LogP contribution in [0.25, 0.3) is 0 Å². The minimum absolute atomic E-state index is 0.0887. The number of hydrogen-bond donors (Lipinski definition) is 3. The molecule has 0 aliphatic carbocycles. The predicted octanol–water partition coefficient (Wildman–Crippen LogP) is 0.760. The van der Waals surface area contributed by atoms with Gasteiger partial charge in [0.25, 0.3) is 0 Å². The first kappa shape index (κ1) is 13.2. The van der Waals surface area contributed by atoms with Crippen LogP contribution in [-0.4, -0.2) is 33.1 Å². The van der Waals surface area contributed by atoms with Crippen LogP contribution in [0.3, 0.4) is 0 Å². The van der Waals surface area contributed by atoms with Crippen molar-refractivity contribution in [2.24, 2.45) is 0 Å². The fourth-order valence-corrected chi connectivity index (χ4v) is 2.37. The summed E-state index contributed by atoms with van der Waals surface area (Å²) in [5.74, 6) is 0. The van der Waals surface area contributed by atoms with Crippen molar-refractivity contribution in [1.82, 2.24) is 15.1 Å². The summed E-state index contributed by atoms with van der Waals surface area (Å²) in [5, 5.41) is 29.8. The summed E-state index contributed by atoms with van der Waals surface area (Å²) in [6, 6.07) is 1.93. The second-order valence-corrected chi connectivity index (χ2v) is 4.82. The van der Waals surface area contributed by atoms with Gasteiger partial charge in [-0.2, -0.15) is 16.4 Å². The lowest BCUT2D eigenvalue weighted by molar-refractivity contribution is 0.175. The molecular formula is C12H17N3O2S. The third-order valence-corrected chi connectivity index (χ3v) is 3.31.